The number of benzene rings is 2. The Bertz CT molecular complexity index is 685. The van der Waals surface area contributed by atoms with E-state index in [2.05, 4.69) is 35.0 Å². The Morgan fingerprint density at radius 1 is 0.842 bits per heavy atom. The Balaban J connectivity index is 2.17. The number of aryl methyl sites for hydroxylation is 1. The molecule has 0 atom stereocenters. The second kappa shape index (κ2) is 4.61. The van der Waals surface area contributed by atoms with E-state index in [4.69, 9.17) is 5.84 Å². The van der Waals surface area contributed by atoms with Gasteiger partial charge in [-0.1, -0.05) is 48.5 Å². The molecule has 0 aliphatic rings. The first-order valence-corrected chi connectivity index (χ1v) is 6.24. The fourth-order valence-corrected chi connectivity index (χ4v) is 2.34. The average Bonchev–Trinajstić information content (AvgIpc) is 2.76. The van der Waals surface area contributed by atoms with Gasteiger partial charge in [0.05, 0.1) is 12.6 Å². The molecular weight excluding hydrogens is 234 g/mol. The predicted octanol–water partition coefficient (Wildman–Crippen LogP) is 2.36. The summed E-state index contributed by atoms with van der Waals surface area (Å²) in [6, 6.07) is 20.3. The van der Waals surface area contributed by atoms with Crippen molar-refractivity contribution in [2.24, 2.45) is 7.05 Å². The van der Waals surface area contributed by atoms with Crippen LogP contribution in [0, 0.1) is 0 Å². The SMILES string of the molecule is C[n+]1cc(-c2ccccc2)n(N)c1-c1ccccc1. The smallest absolute Gasteiger partial charge is 0.268 e. The number of hydrogen-bond donors (Lipinski definition) is 1. The van der Waals surface area contributed by atoms with Gasteiger partial charge in [-0.2, -0.15) is 0 Å². The van der Waals surface area contributed by atoms with Crippen LogP contribution in [-0.4, -0.2) is 4.68 Å². The highest BCUT2D eigenvalue weighted by atomic mass is 15.4. The Morgan fingerprint density at radius 2 is 1.37 bits per heavy atom. The molecule has 0 aliphatic carbocycles. The molecule has 0 saturated heterocycles. The molecule has 0 aliphatic heterocycles. The number of aromatic nitrogens is 2. The molecule has 1 heterocycles. The van der Waals surface area contributed by atoms with Gasteiger partial charge in [-0.25, -0.2) is 4.57 Å². The van der Waals surface area contributed by atoms with Crippen molar-refractivity contribution in [3.8, 4) is 22.6 Å². The van der Waals surface area contributed by atoms with Crippen LogP contribution >= 0.6 is 0 Å². The maximum atomic E-state index is 6.26. The number of nitrogens with zero attached hydrogens (tertiary/aromatic N) is 2. The Labute approximate surface area is 112 Å². The molecule has 94 valence electrons. The zero-order chi connectivity index (χ0) is 13.2. The summed E-state index contributed by atoms with van der Waals surface area (Å²) in [5.74, 6) is 7.25. The topological polar surface area (TPSA) is 34.8 Å². The Kier molecular flexibility index (Phi) is 2.80. The molecule has 0 radical (unpaired) electrons. The molecule has 0 saturated carbocycles. The molecule has 3 aromatic rings. The largest absolute Gasteiger partial charge is 0.312 e. The van der Waals surface area contributed by atoms with E-state index in [-0.39, 0.29) is 0 Å². The third-order valence-electron chi connectivity index (χ3n) is 3.24. The van der Waals surface area contributed by atoms with Crippen molar-refractivity contribution in [2.75, 3.05) is 5.84 Å². The quantitative estimate of drug-likeness (QED) is 0.550. The number of rotatable bonds is 2. The van der Waals surface area contributed by atoms with Crippen molar-refractivity contribution in [3.63, 3.8) is 0 Å². The number of imidazole rings is 1. The van der Waals surface area contributed by atoms with Gasteiger partial charge < -0.3 is 0 Å². The molecule has 19 heavy (non-hydrogen) atoms. The highest BCUT2D eigenvalue weighted by Gasteiger charge is 2.21. The summed E-state index contributed by atoms with van der Waals surface area (Å²) in [6.45, 7) is 0. The minimum Gasteiger partial charge on any atom is -0.268 e. The number of nitrogens with two attached hydrogens (primary N) is 1. The lowest BCUT2D eigenvalue weighted by molar-refractivity contribution is -0.659. The summed E-state index contributed by atoms with van der Waals surface area (Å²) in [4.78, 5) is 0. The molecule has 0 fully saturated rings. The molecule has 3 heteroatoms. The second-order valence-electron chi connectivity index (χ2n) is 4.55. The predicted molar refractivity (Wildman–Crippen MR) is 76.6 cm³/mol. The standard InChI is InChI=1S/C16H16N3/c1-18-12-15(13-8-4-2-5-9-13)19(17)16(18)14-10-6-3-7-11-14/h2-12H,17H2,1H3/q+1. The third-order valence-corrected chi connectivity index (χ3v) is 3.24. The van der Waals surface area contributed by atoms with Gasteiger partial charge in [0, 0.05) is 5.56 Å². The van der Waals surface area contributed by atoms with Crippen LogP contribution in [-0.2, 0) is 7.05 Å². The second-order valence-corrected chi connectivity index (χ2v) is 4.55. The Hall–Kier alpha value is -2.55. The minimum absolute atomic E-state index is 0.986. The average molecular weight is 250 g/mol. The molecule has 2 N–H and O–H groups in total. The highest BCUT2D eigenvalue weighted by molar-refractivity contribution is 5.63. The van der Waals surface area contributed by atoms with Gasteiger partial charge in [-0.15, -0.1) is 4.68 Å². The van der Waals surface area contributed by atoms with Crippen molar-refractivity contribution in [1.82, 2.24) is 4.68 Å². The molecule has 3 nitrogen and oxygen atoms in total. The van der Waals surface area contributed by atoms with Crippen molar-refractivity contribution in [2.45, 2.75) is 0 Å². The molecular formula is C16H16N3+. The summed E-state index contributed by atoms with van der Waals surface area (Å²) in [6.07, 6.45) is 2.05. The molecule has 1 aromatic heterocycles. The molecule has 2 aromatic carbocycles. The van der Waals surface area contributed by atoms with Gasteiger partial charge in [0.25, 0.3) is 0 Å². The van der Waals surface area contributed by atoms with Gasteiger partial charge in [-0.3, -0.25) is 5.84 Å². The fourth-order valence-electron chi connectivity index (χ4n) is 2.34. The van der Waals surface area contributed by atoms with Crippen molar-refractivity contribution in [3.05, 3.63) is 66.9 Å². The number of nitrogen functional groups attached to an aromatic ring is 1. The van der Waals surface area contributed by atoms with Crippen molar-refractivity contribution in [1.29, 1.82) is 0 Å². The molecule has 0 bridgehead atoms. The van der Waals surface area contributed by atoms with Crippen LogP contribution in [0.4, 0.5) is 0 Å². The van der Waals surface area contributed by atoms with E-state index in [1.54, 1.807) is 4.68 Å². The van der Waals surface area contributed by atoms with Crippen LogP contribution in [0.25, 0.3) is 22.6 Å². The molecule has 0 amide bonds. The first kappa shape index (κ1) is 11.5. The number of hydrogen-bond acceptors (Lipinski definition) is 1. The zero-order valence-corrected chi connectivity index (χ0v) is 10.8. The van der Waals surface area contributed by atoms with Crippen LogP contribution in [0.5, 0.6) is 0 Å². The zero-order valence-electron chi connectivity index (χ0n) is 10.8. The molecule has 0 spiro atoms. The lowest BCUT2D eigenvalue weighted by Crippen LogP contribution is -2.30. The van der Waals surface area contributed by atoms with E-state index < -0.39 is 0 Å². The van der Waals surface area contributed by atoms with Gasteiger partial charge >= 0.3 is 5.82 Å². The summed E-state index contributed by atoms with van der Waals surface area (Å²) in [5, 5.41) is 0. The normalized spacial score (nSPS) is 10.6. The van der Waals surface area contributed by atoms with E-state index in [0.717, 1.165) is 22.6 Å². The van der Waals surface area contributed by atoms with E-state index in [0.29, 0.717) is 0 Å². The maximum Gasteiger partial charge on any atom is 0.312 e. The highest BCUT2D eigenvalue weighted by Crippen LogP contribution is 2.22. The van der Waals surface area contributed by atoms with Gasteiger partial charge in [0.15, 0.2) is 5.69 Å². The summed E-state index contributed by atoms with van der Waals surface area (Å²) in [5.41, 5.74) is 3.22. The first-order valence-electron chi connectivity index (χ1n) is 6.24. The summed E-state index contributed by atoms with van der Waals surface area (Å²) < 4.78 is 3.79. The molecule has 3 rings (SSSR count). The van der Waals surface area contributed by atoms with Gasteiger partial charge in [0.2, 0.25) is 0 Å². The van der Waals surface area contributed by atoms with Crippen molar-refractivity contribution >= 4 is 0 Å². The Morgan fingerprint density at radius 3 is 1.95 bits per heavy atom. The van der Waals surface area contributed by atoms with Crippen molar-refractivity contribution < 1.29 is 4.57 Å². The lowest BCUT2D eigenvalue weighted by Gasteiger charge is -1.99. The van der Waals surface area contributed by atoms with E-state index in [9.17, 15) is 0 Å². The van der Waals surface area contributed by atoms with E-state index in [1.165, 1.54) is 0 Å². The fraction of sp³-hybridized carbons (Fsp3) is 0.0625. The van der Waals surface area contributed by atoms with Crippen LogP contribution < -0.4 is 10.4 Å². The monoisotopic (exact) mass is 250 g/mol. The summed E-state index contributed by atoms with van der Waals surface area (Å²) in [7, 11) is 2.01. The van der Waals surface area contributed by atoms with Crippen LogP contribution in [0.15, 0.2) is 66.9 Å². The van der Waals surface area contributed by atoms with E-state index >= 15 is 0 Å². The van der Waals surface area contributed by atoms with Crippen LogP contribution in [0.3, 0.4) is 0 Å². The lowest BCUT2D eigenvalue weighted by atomic mass is 10.2. The summed E-state index contributed by atoms with van der Waals surface area (Å²) >= 11 is 0. The van der Waals surface area contributed by atoms with Gasteiger partial charge in [-0.05, 0) is 12.1 Å². The first-order chi connectivity index (χ1) is 9.27. The van der Waals surface area contributed by atoms with Crippen LogP contribution in [0.2, 0.25) is 0 Å². The molecule has 0 unspecified atom stereocenters. The van der Waals surface area contributed by atoms with Crippen LogP contribution in [0.1, 0.15) is 0 Å². The third kappa shape index (κ3) is 1.99. The van der Waals surface area contributed by atoms with E-state index in [1.807, 2.05) is 43.4 Å². The maximum absolute atomic E-state index is 6.26. The minimum atomic E-state index is 0.986. The van der Waals surface area contributed by atoms with Gasteiger partial charge in [0.1, 0.15) is 6.20 Å².